The molecule has 0 spiro atoms. The predicted molar refractivity (Wildman–Crippen MR) is 240 cm³/mol. The van der Waals surface area contributed by atoms with Crippen molar-refractivity contribution in [2.45, 2.75) is 31.1 Å². The first-order chi connectivity index (χ1) is 29.3. The fraction of sp³-hybridized carbons (Fsp3) is 0.0926. The van der Waals surface area contributed by atoms with Crippen molar-refractivity contribution >= 4 is 49.4 Å². The van der Waals surface area contributed by atoms with Crippen LogP contribution < -0.4 is 0 Å². The van der Waals surface area contributed by atoms with Crippen LogP contribution in [0.15, 0.2) is 186 Å². The topological polar surface area (TPSA) is 56.7 Å². The van der Waals surface area contributed by atoms with Gasteiger partial charge < -0.3 is 8.98 Å². The number of rotatable bonds is 5. The van der Waals surface area contributed by atoms with Crippen molar-refractivity contribution < 1.29 is 4.42 Å². The number of aromatic nitrogens is 4. The van der Waals surface area contributed by atoms with E-state index in [4.69, 9.17) is 19.4 Å². The minimum Gasteiger partial charge on any atom is -0.455 e. The van der Waals surface area contributed by atoms with Gasteiger partial charge in [0.15, 0.2) is 11.6 Å². The van der Waals surface area contributed by atoms with Crippen LogP contribution in [0.2, 0.25) is 0 Å². The van der Waals surface area contributed by atoms with E-state index in [-0.39, 0.29) is 5.92 Å². The first-order valence-electron chi connectivity index (χ1n) is 20.6. The maximum absolute atomic E-state index is 6.45. The molecule has 2 aliphatic rings. The fourth-order valence-electron chi connectivity index (χ4n) is 9.70. The molecule has 59 heavy (non-hydrogen) atoms. The van der Waals surface area contributed by atoms with Crippen molar-refractivity contribution in [1.29, 1.82) is 0 Å². The molecule has 0 bridgehead atoms. The Morgan fingerprint density at radius 1 is 0.576 bits per heavy atom. The van der Waals surface area contributed by atoms with Gasteiger partial charge in [0, 0.05) is 44.6 Å². The Bertz CT molecular complexity index is 3320. The zero-order chi connectivity index (χ0) is 38.9. The Morgan fingerprint density at radius 3 is 2.17 bits per heavy atom. The summed E-state index contributed by atoms with van der Waals surface area (Å²) in [6.45, 7) is 0. The van der Waals surface area contributed by atoms with E-state index >= 15 is 0 Å². The lowest BCUT2D eigenvalue weighted by atomic mass is 9.85. The van der Waals surface area contributed by atoms with Crippen LogP contribution in [0.5, 0.6) is 0 Å². The lowest BCUT2D eigenvalue weighted by Crippen LogP contribution is -2.09. The number of para-hydroxylation sites is 3. The van der Waals surface area contributed by atoms with Gasteiger partial charge >= 0.3 is 0 Å². The van der Waals surface area contributed by atoms with E-state index < -0.39 is 0 Å². The van der Waals surface area contributed by atoms with Gasteiger partial charge in [-0.25, -0.2) is 15.0 Å². The molecule has 0 amide bonds. The Balaban J connectivity index is 0.970. The molecule has 2 atom stereocenters. The van der Waals surface area contributed by atoms with Gasteiger partial charge in [0.25, 0.3) is 0 Å². The molecule has 0 fully saturated rings. The second-order valence-corrected chi connectivity index (χ2v) is 15.8. The summed E-state index contributed by atoms with van der Waals surface area (Å²) in [4.78, 5) is 15.4. The van der Waals surface area contributed by atoms with Crippen molar-refractivity contribution in [2.75, 3.05) is 0 Å². The highest BCUT2D eigenvalue weighted by molar-refractivity contribution is 6.17. The fourth-order valence-corrected chi connectivity index (χ4v) is 9.70. The van der Waals surface area contributed by atoms with Crippen LogP contribution in [0, 0.1) is 0 Å². The summed E-state index contributed by atoms with van der Waals surface area (Å²) >= 11 is 0. The van der Waals surface area contributed by atoms with Gasteiger partial charge in [-0.05, 0) is 77.4 Å². The molecule has 2 aliphatic carbocycles. The number of allylic oxidation sites excluding steroid dienone is 4. The third kappa shape index (κ3) is 5.49. The van der Waals surface area contributed by atoms with Crippen molar-refractivity contribution in [3.8, 4) is 33.9 Å². The van der Waals surface area contributed by atoms with Crippen LogP contribution in [0.3, 0.4) is 0 Å². The summed E-state index contributed by atoms with van der Waals surface area (Å²) in [6, 6.07) is 58.3. The second-order valence-electron chi connectivity index (χ2n) is 15.8. The first-order valence-corrected chi connectivity index (χ1v) is 20.6. The molecular formula is C54H38N4O. The number of fused-ring (bicyclic) bond motifs is 10. The number of furan rings is 1. The van der Waals surface area contributed by atoms with Crippen molar-refractivity contribution in [1.82, 2.24) is 19.5 Å². The van der Waals surface area contributed by atoms with Gasteiger partial charge in [-0.1, -0.05) is 152 Å². The number of benzene rings is 7. The molecular weight excluding hydrogens is 721 g/mol. The molecule has 12 rings (SSSR count). The molecule has 0 radical (unpaired) electrons. The summed E-state index contributed by atoms with van der Waals surface area (Å²) in [5.74, 6) is 2.31. The largest absolute Gasteiger partial charge is 0.455 e. The minimum atomic E-state index is -0.0380. The number of nitrogens with zero attached hydrogens (tertiary/aromatic N) is 4. The van der Waals surface area contributed by atoms with Gasteiger partial charge in [0.05, 0.1) is 16.6 Å². The monoisotopic (exact) mass is 758 g/mol. The van der Waals surface area contributed by atoms with Crippen molar-refractivity contribution in [2.24, 2.45) is 0 Å². The van der Waals surface area contributed by atoms with E-state index in [1.807, 2.05) is 36.4 Å². The maximum atomic E-state index is 6.45. The molecule has 2 unspecified atom stereocenters. The zero-order valence-corrected chi connectivity index (χ0v) is 32.3. The highest BCUT2D eigenvalue weighted by Gasteiger charge is 2.28. The third-order valence-corrected chi connectivity index (χ3v) is 12.4. The lowest BCUT2D eigenvalue weighted by molar-refractivity contribution is 0.669. The summed E-state index contributed by atoms with van der Waals surface area (Å²) in [7, 11) is 0. The van der Waals surface area contributed by atoms with Crippen LogP contribution >= 0.6 is 0 Å². The van der Waals surface area contributed by atoms with Crippen LogP contribution in [-0.2, 0) is 6.42 Å². The molecule has 3 aromatic heterocycles. The third-order valence-electron chi connectivity index (χ3n) is 12.4. The Kier molecular flexibility index (Phi) is 7.80. The van der Waals surface area contributed by atoms with Gasteiger partial charge in [-0.2, -0.15) is 0 Å². The highest BCUT2D eigenvalue weighted by Crippen LogP contribution is 2.47. The van der Waals surface area contributed by atoms with E-state index in [9.17, 15) is 0 Å². The van der Waals surface area contributed by atoms with E-state index in [2.05, 4.69) is 150 Å². The first kappa shape index (κ1) is 33.7. The molecule has 3 heterocycles. The standard InChI is InChI=1S/C54H38N4O/c1-3-14-34(15-4-1)39-32-28-35-29-33-47-50(49(35)42-20-8-7-18-40(39)42)44-21-9-11-24-46(44)58(47)38-30-26-37(27-31-38)53-55-52(36-16-5-2-6-17-36)56-54(57-53)45-23-13-22-43-41-19-10-12-25-48(41)59-51(43)45/h1-26,29-31,33,37,39H,27-28,32H2. The van der Waals surface area contributed by atoms with E-state index in [1.54, 1.807) is 0 Å². The predicted octanol–water partition coefficient (Wildman–Crippen LogP) is 13.5. The smallest absolute Gasteiger partial charge is 0.167 e. The van der Waals surface area contributed by atoms with E-state index in [0.717, 1.165) is 63.8 Å². The summed E-state index contributed by atoms with van der Waals surface area (Å²) < 4.78 is 8.91. The molecule has 5 nitrogen and oxygen atoms in total. The van der Waals surface area contributed by atoms with Crippen LogP contribution in [0.25, 0.3) is 83.3 Å². The summed E-state index contributed by atoms with van der Waals surface area (Å²) in [6.07, 6.45) is 9.73. The average Bonchev–Trinajstić information content (AvgIpc) is 3.80. The van der Waals surface area contributed by atoms with E-state index in [0.29, 0.717) is 17.6 Å². The number of hydrogen-bond donors (Lipinski definition) is 0. The molecule has 5 heteroatoms. The Morgan fingerprint density at radius 2 is 1.31 bits per heavy atom. The van der Waals surface area contributed by atoms with Crippen molar-refractivity contribution in [3.63, 3.8) is 0 Å². The molecule has 7 aromatic carbocycles. The number of aryl methyl sites for hydroxylation is 1. The maximum Gasteiger partial charge on any atom is 0.167 e. The molecule has 0 saturated heterocycles. The quantitative estimate of drug-likeness (QED) is 0.175. The number of hydrogen-bond acceptors (Lipinski definition) is 4. The SMILES string of the molecule is C1=CC(c2nc(-c3ccccc3)nc(-c3cccc4c3oc3ccccc34)n2)CC=C1n1c2ccccc2c2c3c(ccc21)CCC(c1ccccc1)c1ccccc1-3. The zero-order valence-electron chi connectivity index (χ0n) is 32.3. The van der Waals surface area contributed by atoms with Gasteiger partial charge in [-0.15, -0.1) is 0 Å². The van der Waals surface area contributed by atoms with Crippen LogP contribution in [0.4, 0.5) is 0 Å². The van der Waals surface area contributed by atoms with Crippen molar-refractivity contribution in [3.05, 3.63) is 205 Å². The second kappa shape index (κ2) is 13.6. The molecule has 0 saturated carbocycles. The minimum absolute atomic E-state index is 0.0380. The van der Waals surface area contributed by atoms with Crippen LogP contribution in [-0.4, -0.2) is 19.5 Å². The van der Waals surface area contributed by atoms with Gasteiger partial charge in [0.2, 0.25) is 0 Å². The highest BCUT2D eigenvalue weighted by atomic mass is 16.3. The van der Waals surface area contributed by atoms with Gasteiger partial charge in [-0.3, -0.25) is 0 Å². The molecule has 10 aromatic rings. The molecule has 0 aliphatic heterocycles. The normalized spacial score (nSPS) is 16.3. The van der Waals surface area contributed by atoms with Gasteiger partial charge in [0.1, 0.15) is 17.0 Å². The van der Waals surface area contributed by atoms with Crippen LogP contribution in [0.1, 0.15) is 47.2 Å². The summed E-state index contributed by atoms with van der Waals surface area (Å²) in [5.41, 5.74) is 13.9. The lowest BCUT2D eigenvalue weighted by Gasteiger charge is -2.19. The van der Waals surface area contributed by atoms with E-state index in [1.165, 1.54) is 49.6 Å². The average molecular weight is 759 g/mol. The summed E-state index contributed by atoms with van der Waals surface area (Å²) in [5, 5.41) is 4.73. The molecule has 0 N–H and O–H groups in total. The Hall–Kier alpha value is -7.37. The molecule has 280 valence electrons. The Labute approximate surface area is 341 Å².